The first-order valence-corrected chi connectivity index (χ1v) is 8.34. The van der Waals surface area contributed by atoms with Crippen LogP contribution >= 0.6 is 24.0 Å². The zero-order valence-electron chi connectivity index (χ0n) is 14.6. The van der Waals surface area contributed by atoms with E-state index in [0.29, 0.717) is 11.8 Å². The fraction of sp³-hybridized carbons (Fsp3) is 0.750. The highest BCUT2D eigenvalue weighted by atomic mass is 127. The largest absolute Gasteiger partial charge is 0.357 e. The summed E-state index contributed by atoms with van der Waals surface area (Å²) in [5, 5.41) is 3.26. The van der Waals surface area contributed by atoms with Crippen LogP contribution in [0.25, 0.3) is 0 Å². The molecule has 1 aromatic heterocycles. The molecule has 24 heavy (non-hydrogen) atoms. The van der Waals surface area contributed by atoms with Crippen LogP contribution in [0.1, 0.15) is 46.0 Å². The lowest BCUT2D eigenvalue weighted by Crippen LogP contribution is -2.40. The Morgan fingerprint density at radius 3 is 2.83 bits per heavy atom. The minimum Gasteiger partial charge on any atom is -0.357 e. The van der Waals surface area contributed by atoms with Crippen LogP contribution in [0, 0.1) is 11.8 Å². The molecule has 1 unspecified atom stereocenters. The fourth-order valence-corrected chi connectivity index (χ4v) is 3.10. The van der Waals surface area contributed by atoms with E-state index in [0.717, 1.165) is 36.6 Å². The van der Waals surface area contributed by atoms with E-state index in [1.54, 1.807) is 0 Å². The van der Waals surface area contributed by atoms with Crippen molar-refractivity contribution in [1.29, 1.82) is 0 Å². The molecule has 5 nitrogen and oxygen atoms in total. The van der Waals surface area contributed by atoms with Gasteiger partial charge < -0.3 is 10.2 Å². The summed E-state index contributed by atoms with van der Waals surface area (Å²) >= 11 is 0. The molecule has 0 aromatic carbocycles. The number of rotatable bonds is 6. The second kappa shape index (κ2) is 10.1. The average Bonchev–Trinajstić information content (AvgIpc) is 3.11. The van der Waals surface area contributed by atoms with Gasteiger partial charge in [0.05, 0.1) is 0 Å². The summed E-state index contributed by atoms with van der Waals surface area (Å²) in [4.78, 5) is 10.7. The SMILES string of the molecule is CCNC(=NCc1nccn1C(F)F)N1CCC(CC(C)C)C1.I. The van der Waals surface area contributed by atoms with Gasteiger partial charge in [-0.05, 0) is 31.6 Å². The molecule has 0 radical (unpaired) electrons. The summed E-state index contributed by atoms with van der Waals surface area (Å²) in [6.07, 6.45) is 5.05. The van der Waals surface area contributed by atoms with Gasteiger partial charge in [-0.25, -0.2) is 9.98 Å². The third-order valence-corrected chi connectivity index (χ3v) is 4.05. The number of guanidine groups is 1. The van der Waals surface area contributed by atoms with Crippen LogP contribution < -0.4 is 5.32 Å². The Labute approximate surface area is 159 Å². The highest BCUT2D eigenvalue weighted by Crippen LogP contribution is 2.23. The predicted molar refractivity (Wildman–Crippen MR) is 103 cm³/mol. The maximum atomic E-state index is 12.9. The third-order valence-electron chi connectivity index (χ3n) is 4.05. The highest BCUT2D eigenvalue weighted by Gasteiger charge is 2.25. The number of alkyl halides is 2. The Kier molecular flexibility index (Phi) is 8.93. The van der Waals surface area contributed by atoms with Crippen molar-refractivity contribution in [3.05, 3.63) is 18.2 Å². The summed E-state index contributed by atoms with van der Waals surface area (Å²) in [5.41, 5.74) is 0. The number of imidazole rings is 1. The maximum absolute atomic E-state index is 12.9. The summed E-state index contributed by atoms with van der Waals surface area (Å²) in [7, 11) is 0. The molecule has 138 valence electrons. The van der Waals surface area contributed by atoms with Crippen LogP contribution in [0.2, 0.25) is 0 Å². The van der Waals surface area contributed by atoms with Gasteiger partial charge >= 0.3 is 6.55 Å². The monoisotopic (exact) mass is 455 g/mol. The minimum absolute atomic E-state index is 0. The molecule has 1 atom stereocenters. The molecule has 1 fully saturated rings. The van der Waals surface area contributed by atoms with E-state index in [1.165, 1.54) is 18.8 Å². The van der Waals surface area contributed by atoms with Crippen molar-refractivity contribution in [3.63, 3.8) is 0 Å². The maximum Gasteiger partial charge on any atom is 0.319 e. The van der Waals surface area contributed by atoms with Crippen molar-refractivity contribution in [2.45, 2.75) is 46.7 Å². The van der Waals surface area contributed by atoms with Crippen molar-refractivity contribution < 1.29 is 8.78 Å². The minimum atomic E-state index is -2.58. The molecule has 2 rings (SSSR count). The normalized spacial score (nSPS) is 18.4. The van der Waals surface area contributed by atoms with Gasteiger partial charge in [0, 0.05) is 32.0 Å². The molecule has 1 aliphatic rings. The lowest BCUT2D eigenvalue weighted by Gasteiger charge is -2.22. The Balaban J connectivity index is 0.00000288. The van der Waals surface area contributed by atoms with E-state index in [1.807, 2.05) is 6.92 Å². The lowest BCUT2D eigenvalue weighted by atomic mass is 9.97. The molecular formula is C16H28F2IN5. The molecule has 0 bridgehead atoms. The van der Waals surface area contributed by atoms with E-state index >= 15 is 0 Å². The number of halogens is 3. The molecule has 1 aliphatic heterocycles. The molecule has 0 amide bonds. The van der Waals surface area contributed by atoms with Crippen LogP contribution in [0.15, 0.2) is 17.4 Å². The van der Waals surface area contributed by atoms with Gasteiger partial charge in [-0.15, -0.1) is 24.0 Å². The van der Waals surface area contributed by atoms with Crippen molar-refractivity contribution in [1.82, 2.24) is 19.8 Å². The zero-order valence-corrected chi connectivity index (χ0v) is 16.9. The average molecular weight is 455 g/mol. The van der Waals surface area contributed by atoms with Crippen molar-refractivity contribution in [2.24, 2.45) is 16.8 Å². The number of hydrogen-bond acceptors (Lipinski definition) is 2. The summed E-state index contributed by atoms with van der Waals surface area (Å²) in [5.74, 6) is 2.45. The summed E-state index contributed by atoms with van der Waals surface area (Å²) in [6.45, 7) is 6.78. The smallest absolute Gasteiger partial charge is 0.319 e. The molecule has 8 heteroatoms. The number of likely N-dealkylation sites (tertiary alicyclic amines) is 1. The Morgan fingerprint density at radius 2 is 2.21 bits per heavy atom. The molecular weight excluding hydrogens is 427 g/mol. The van der Waals surface area contributed by atoms with E-state index in [-0.39, 0.29) is 36.3 Å². The van der Waals surface area contributed by atoms with Crippen molar-refractivity contribution >= 4 is 29.9 Å². The van der Waals surface area contributed by atoms with Gasteiger partial charge in [0.2, 0.25) is 0 Å². The van der Waals surface area contributed by atoms with Gasteiger partial charge in [0.1, 0.15) is 12.4 Å². The predicted octanol–water partition coefficient (Wildman–Crippen LogP) is 3.73. The Hall–Kier alpha value is -0.930. The molecule has 0 spiro atoms. The molecule has 0 saturated carbocycles. The van der Waals surface area contributed by atoms with Crippen LogP contribution in [-0.4, -0.2) is 40.0 Å². The van der Waals surface area contributed by atoms with Crippen molar-refractivity contribution in [3.8, 4) is 0 Å². The Morgan fingerprint density at radius 1 is 1.46 bits per heavy atom. The van der Waals surface area contributed by atoms with E-state index < -0.39 is 6.55 Å². The number of aliphatic imine (C=N–C) groups is 1. The molecule has 1 aromatic rings. The summed E-state index contributed by atoms with van der Waals surface area (Å²) in [6, 6.07) is 0. The first-order valence-electron chi connectivity index (χ1n) is 8.34. The molecule has 1 N–H and O–H groups in total. The molecule has 0 aliphatic carbocycles. The second-order valence-electron chi connectivity index (χ2n) is 6.43. The van der Waals surface area contributed by atoms with Gasteiger partial charge in [-0.2, -0.15) is 8.78 Å². The van der Waals surface area contributed by atoms with E-state index in [9.17, 15) is 8.78 Å². The Bertz CT molecular complexity index is 518. The zero-order chi connectivity index (χ0) is 16.8. The third kappa shape index (κ3) is 5.86. The van der Waals surface area contributed by atoms with Crippen LogP contribution in [-0.2, 0) is 6.54 Å². The first-order chi connectivity index (χ1) is 11.0. The van der Waals surface area contributed by atoms with Gasteiger partial charge in [0.25, 0.3) is 0 Å². The highest BCUT2D eigenvalue weighted by molar-refractivity contribution is 14.0. The van der Waals surface area contributed by atoms with Crippen molar-refractivity contribution in [2.75, 3.05) is 19.6 Å². The molecule has 2 heterocycles. The fourth-order valence-electron chi connectivity index (χ4n) is 3.10. The number of hydrogen-bond donors (Lipinski definition) is 1. The second-order valence-corrected chi connectivity index (χ2v) is 6.43. The first kappa shape index (κ1) is 21.1. The van der Waals surface area contributed by atoms with Crippen LogP contribution in [0.5, 0.6) is 0 Å². The van der Waals surface area contributed by atoms with E-state index in [4.69, 9.17) is 0 Å². The number of aromatic nitrogens is 2. The van der Waals surface area contributed by atoms with E-state index in [2.05, 4.69) is 34.0 Å². The summed E-state index contributed by atoms with van der Waals surface area (Å²) < 4.78 is 26.6. The lowest BCUT2D eigenvalue weighted by molar-refractivity contribution is 0.0671. The topological polar surface area (TPSA) is 45.5 Å². The van der Waals surface area contributed by atoms with Crippen LogP contribution in [0.3, 0.4) is 0 Å². The molecule has 1 saturated heterocycles. The van der Waals surface area contributed by atoms with Gasteiger partial charge in [-0.3, -0.25) is 4.57 Å². The quantitative estimate of drug-likeness (QED) is 0.404. The van der Waals surface area contributed by atoms with Crippen LogP contribution in [0.4, 0.5) is 8.78 Å². The standard InChI is InChI=1S/C16H27F2N5.HI/c1-4-19-16(22-7-5-13(11-22)9-12(2)3)21-10-14-20-6-8-23(14)15(17)18;/h6,8,12-13,15H,4-5,7,9-11H2,1-3H3,(H,19,21);1H. The number of nitrogens with zero attached hydrogens (tertiary/aromatic N) is 4. The van der Waals surface area contributed by atoms with Gasteiger partial charge in [0.15, 0.2) is 5.96 Å². The van der Waals surface area contributed by atoms with Gasteiger partial charge in [-0.1, -0.05) is 13.8 Å². The number of nitrogens with one attached hydrogen (secondary N) is 1.